The standard InChI is InChI=1S/C20H21ClN4OS/c21-19-10-9-17(27-19)14-24-12-2-1-4-18(24)20(26)23-15-5-7-16(8-6-15)25-13-3-11-22-25/h3,5-11,13,18H,1-2,4,12,14H2,(H,23,26)/t18-/m0/s1. The van der Waals surface area contributed by atoms with Crippen LogP contribution in [-0.2, 0) is 11.3 Å². The molecule has 1 fully saturated rings. The largest absolute Gasteiger partial charge is 0.325 e. The van der Waals surface area contributed by atoms with Crippen molar-refractivity contribution in [1.29, 1.82) is 0 Å². The monoisotopic (exact) mass is 400 g/mol. The van der Waals surface area contributed by atoms with Gasteiger partial charge in [-0.25, -0.2) is 4.68 Å². The number of carbonyl (C=O) groups excluding carboxylic acids is 1. The van der Waals surface area contributed by atoms with Gasteiger partial charge in [0.15, 0.2) is 0 Å². The van der Waals surface area contributed by atoms with Crippen LogP contribution in [0.15, 0.2) is 54.9 Å². The number of benzene rings is 1. The Kier molecular flexibility index (Phi) is 5.57. The van der Waals surface area contributed by atoms with E-state index in [1.165, 1.54) is 4.88 Å². The molecule has 27 heavy (non-hydrogen) atoms. The number of halogens is 1. The van der Waals surface area contributed by atoms with E-state index in [0.29, 0.717) is 0 Å². The fraction of sp³-hybridized carbons (Fsp3) is 0.300. The minimum absolute atomic E-state index is 0.0594. The minimum Gasteiger partial charge on any atom is -0.325 e. The Labute approximate surface area is 167 Å². The number of thiophene rings is 1. The average Bonchev–Trinajstić information content (AvgIpc) is 3.35. The van der Waals surface area contributed by atoms with E-state index in [1.807, 2.05) is 48.7 Å². The number of piperidine rings is 1. The van der Waals surface area contributed by atoms with Gasteiger partial charge in [0.2, 0.25) is 5.91 Å². The lowest BCUT2D eigenvalue weighted by molar-refractivity contribution is -0.122. The Balaban J connectivity index is 1.42. The van der Waals surface area contributed by atoms with Gasteiger partial charge in [-0.3, -0.25) is 9.69 Å². The molecule has 1 aliphatic rings. The van der Waals surface area contributed by atoms with Crippen molar-refractivity contribution < 1.29 is 4.79 Å². The van der Waals surface area contributed by atoms with Crippen LogP contribution in [0.1, 0.15) is 24.1 Å². The van der Waals surface area contributed by atoms with Crippen molar-refractivity contribution in [1.82, 2.24) is 14.7 Å². The molecule has 3 heterocycles. The van der Waals surface area contributed by atoms with Crippen molar-refractivity contribution in [3.63, 3.8) is 0 Å². The number of nitrogens with zero attached hydrogens (tertiary/aromatic N) is 3. The molecule has 0 spiro atoms. The molecule has 1 saturated heterocycles. The maximum atomic E-state index is 12.9. The molecule has 1 atom stereocenters. The fourth-order valence-corrected chi connectivity index (χ4v) is 4.57. The second kappa shape index (κ2) is 8.25. The third-order valence-electron chi connectivity index (χ3n) is 4.81. The lowest BCUT2D eigenvalue weighted by atomic mass is 10.0. The van der Waals surface area contributed by atoms with Crippen molar-refractivity contribution in [2.45, 2.75) is 31.8 Å². The van der Waals surface area contributed by atoms with Crippen LogP contribution in [0.25, 0.3) is 5.69 Å². The molecule has 0 radical (unpaired) electrons. The van der Waals surface area contributed by atoms with E-state index in [9.17, 15) is 4.79 Å². The fourth-order valence-electron chi connectivity index (χ4n) is 3.46. The topological polar surface area (TPSA) is 50.2 Å². The van der Waals surface area contributed by atoms with Gasteiger partial charge in [-0.1, -0.05) is 18.0 Å². The van der Waals surface area contributed by atoms with Gasteiger partial charge in [0.25, 0.3) is 0 Å². The van der Waals surface area contributed by atoms with Crippen LogP contribution in [0.4, 0.5) is 5.69 Å². The van der Waals surface area contributed by atoms with Crippen LogP contribution in [0.5, 0.6) is 0 Å². The summed E-state index contributed by atoms with van der Waals surface area (Å²) in [5.74, 6) is 0.0594. The Bertz CT molecular complexity index is 891. The van der Waals surface area contributed by atoms with Gasteiger partial charge in [0.1, 0.15) is 0 Å². The molecule has 0 aliphatic carbocycles. The molecule has 2 aromatic heterocycles. The molecule has 3 aromatic rings. The molecule has 1 N–H and O–H groups in total. The van der Waals surface area contributed by atoms with E-state index >= 15 is 0 Å². The number of amides is 1. The van der Waals surface area contributed by atoms with Crippen LogP contribution in [0.3, 0.4) is 0 Å². The molecule has 140 valence electrons. The summed E-state index contributed by atoms with van der Waals surface area (Å²) in [7, 11) is 0. The van der Waals surface area contributed by atoms with Gasteiger partial charge < -0.3 is 5.32 Å². The van der Waals surface area contributed by atoms with E-state index in [4.69, 9.17) is 11.6 Å². The highest BCUT2D eigenvalue weighted by Crippen LogP contribution is 2.26. The first-order chi connectivity index (χ1) is 13.2. The van der Waals surface area contributed by atoms with Crippen molar-refractivity contribution in [3.05, 3.63) is 64.1 Å². The maximum Gasteiger partial charge on any atom is 0.241 e. The Morgan fingerprint density at radius 2 is 2.07 bits per heavy atom. The number of carbonyl (C=O) groups is 1. The minimum atomic E-state index is -0.106. The molecule has 1 amide bonds. The normalized spacial score (nSPS) is 17.7. The summed E-state index contributed by atoms with van der Waals surface area (Å²) >= 11 is 7.63. The second-order valence-electron chi connectivity index (χ2n) is 6.67. The summed E-state index contributed by atoms with van der Waals surface area (Å²) in [5, 5.41) is 7.29. The lowest BCUT2D eigenvalue weighted by Crippen LogP contribution is -2.46. The number of hydrogen-bond donors (Lipinski definition) is 1. The number of anilines is 1. The number of hydrogen-bond acceptors (Lipinski definition) is 4. The first-order valence-electron chi connectivity index (χ1n) is 9.08. The van der Waals surface area contributed by atoms with E-state index in [0.717, 1.165) is 48.1 Å². The highest BCUT2D eigenvalue weighted by molar-refractivity contribution is 7.16. The van der Waals surface area contributed by atoms with Gasteiger partial charge >= 0.3 is 0 Å². The highest BCUT2D eigenvalue weighted by Gasteiger charge is 2.29. The van der Waals surface area contributed by atoms with E-state index < -0.39 is 0 Å². The zero-order valence-corrected chi connectivity index (χ0v) is 16.4. The number of aromatic nitrogens is 2. The zero-order valence-electron chi connectivity index (χ0n) is 14.8. The Morgan fingerprint density at radius 1 is 1.22 bits per heavy atom. The van der Waals surface area contributed by atoms with Gasteiger partial charge in [0, 0.05) is 29.5 Å². The third-order valence-corrected chi connectivity index (χ3v) is 6.02. The molecule has 0 bridgehead atoms. The van der Waals surface area contributed by atoms with Crippen molar-refractivity contribution >= 4 is 34.5 Å². The van der Waals surface area contributed by atoms with E-state index in [2.05, 4.69) is 15.3 Å². The molecular weight excluding hydrogens is 380 g/mol. The zero-order chi connectivity index (χ0) is 18.6. The maximum absolute atomic E-state index is 12.9. The molecule has 1 aromatic carbocycles. The number of likely N-dealkylation sites (tertiary alicyclic amines) is 1. The van der Waals surface area contributed by atoms with Crippen LogP contribution >= 0.6 is 22.9 Å². The molecule has 0 saturated carbocycles. The summed E-state index contributed by atoms with van der Waals surface area (Å²) in [6.45, 7) is 1.71. The van der Waals surface area contributed by atoms with Gasteiger partial charge in [-0.15, -0.1) is 11.3 Å². The second-order valence-corrected chi connectivity index (χ2v) is 8.47. The first-order valence-corrected chi connectivity index (χ1v) is 10.3. The van der Waals surface area contributed by atoms with Crippen LogP contribution < -0.4 is 5.32 Å². The molecule has 4 rings (SSSR count). The van der Waals surface area contributed by atoms with Crippen molar-refractivity contribution in [2.24, 2.45) is 0 Å². The first kappa shape index (κ1) is 18.2. The van der Waals surface area contributed by atoms with Crippen LogP contribution in [0.2, 0.25) is 4.34 Å². The van der Waals surface area contributed by atoms with Crippen molar-refractivity contribution in [3.8, 4) is 5.69 Å². The van der Waals surface area contributed by atoms with E-state index in [1.54, 1.807) is 22.2 Å². The summed E-state index contributed by atoms with van der Waals surface area (Å²) < 4.78 is 2.58. The molecular formula is C20H21ClN4OS. The number of rotatable bonds is 5. The summed E-state index contributed by atoms with van der Waals surface area (Å²) in [5.41, 5.74) is 1.77. The van der Waals surface area contributed by atoms with Crippen LogP contribution in [0, 0.1) is 0 Å². The van der Waals surface area contributed by atoms with Gasteiger partial charge in [-0.2, -0.15) is 5.10 Å². The highest BCUT2D eigenvalue weighted by atomic mass is 35.5. The molecule has 7 heteroatoms. The molecule has 0 unspecified atom stereocenters. The van der Waals surface area contributed by atoms with Crippen LogP contribution in [-0.4, -0.2) is 33.2 Å². The van der Waals surface area contributed by atoms with E-state index in [-0.39, 0.29) is 11.9 Å². The summed E-state index contributed by atoms with van der Waals surface area (Å²) in [6, 6.07) is 13.5. The molecule has 5 nitrogen and oxygen atoms in total. The van der Waals surface area contributed by atoms with Gasteiger partial charge in [0.05, 0.1) is 16.1 Å². The molecule has 1 aliphatic heterocycles. The number of nitrogens with one attached hydrogen (secondary N) is 1. The summed E-state index contributed by atoms with van der Waals surface area (Å²) in [6.07, 6.45) is 6.73. The lowest BCUT2D eigenvalue weighted by Gasteiger charge is -2.34. The van der Waals surface area contributed by atoms with Gasteiger partial charge in [-0.05, 0) is 61.9 Å². The third kappa shape index (κ3) is 4.40. The van der Waals surface area contributed by atoms with Crippen molar-refractivity contribution in [2.75, 3.05) is 11.9 Å². The average molecular weight is 401 g/mol. The summed E-state index contributed by atoms with van der Waals surface area (Å²) in [4.78, 5) is 16.4. The Morgan fingerprint density at radius 3 is 2.78 bits per heavy atom. The predicted octanol–water partition coefficient (Wildman–Crippen LogP) is 4.58. The quantitative estimate of drug-likeness (QED) is 0.681. The SMILES string of the molecule is O=C(Nc1ccc(-n2cccn2)cc1)[C@@H]1CCCCN1Cc1ccc(Cl)s1. The smallest absolute Gasteiger partial charge is 0.241 e. The Hall–Kier alpha value is -2.15. The predicted molar refractivity (Wildman–Crippen MR) is 110 cm³/mol.